The number of piperazine rings is 1. The molecule has 2 aliphatic rings. The van der Waals surface area contributed by atoms with Crippen molar-refractivity contribution in [1.82, 2.24) is 19.6 Å². The largest absolute Gasteiger partial charge is 0.340 e. The lowest BCUT2D eigenvalue weighted by atomic mass is 9.88. The zero-order valence-electron chi connectivity index (χ0n) is 17.2. The molecular formula is C23H32N4O. The van der Waals surface area contributed by atoms with E-state index in [1.807, 2.05) is 22.9 Å². The molecule has 1 aromatic heterocycles. The second-order valence-corrected chi connectivity index (χ2v) is 8.33. The van der Waals surface area contributed by atoms with Gasteiger partial charge in [0.15, 0.2) is 0 Å². The summed E-state index contributed by atoms with van der Waals surface area (Å²) in [6, 6.07) is 10.3. The Balaban J connectivity index is 1.37. The zero-order chi connectivity index (χ0) is 19.5. The minimum atomic E-state index is 0.286. The molecule has 0 unspecified atom stereocenters. The molecule has 1 amide bonds. The number of aromatic nitrogens is 2. The van der Waals surface area contributed by atoms with Crippen molar-refractivity contribution in [2.75, 3.05) is 26.2 Å². The Morgan fingerprint density at radius 2 is 1.68 bits per heavy atom. The molecule has 0 radical (unpaired) electrons. The first kappa shape index (κ1) is 19.2. The van der Waals surface area contributed by atoms with Crippen LogP contribution >= 0.6 is 0 Å². The van der Waals surface area contributed by atoms with Crippen molar-refractivity contribution in [3.63, 3.8) is 0 Å². The summed E-state index contributed by atoms with van der Waals surface area (Å²) in [6.07, 6.45) is 5.93. The van der Waals surface area contributed by atoms with Gasteiger partial charge in [-0.2, -0.15) is 5.10 Å². The first-order chi connectivity index (χ1) is 13.6. The van der Waals surface area contributed by atoms with E-state index in [1.54, 1.807) is 0 Å². The lowest BCUT2D eigenvalue weighted by molar-refractivity contribution is -0.138. The van der Waals surface area contributed by atoms with E-state index in [0.717, 1.165) is 56.9 Å². The van der Waals surface area contributed by atoms with Crippen LogP contribution < -0.4 is 0 Å². The van der Waals surface area contributed by atoms with Crippen LogP contribution in [0.3, 0.4) is 0 Å². The van der Waals surface area contributed by atoms with Crippen LogP contribution in [0, 0.1) is 19.8 Å². The van der Waals surface area contributed by atoms with Crippen molar-refractivity contribution in [2.45, 2.75) is 52.5 Å². The van der Waals surface area contributed by atoms with Crippen molar-refractivity contribution >= 4 is 5.91 Å². The van der Waals surface area contributed by atoms with Crippen molar-refractivity contribution in [1.29, 1.82) is 0 Å². The summed E-state index contributed by atoms with van der Waals surface area (Å²) in [6.45, 7) is 8.80. The van der Waals surface area contributed by atoms with Gasteiger partial charge >= 0.3 is 0 Å². The molecule has 5 nitrogen and oxygen atoms in total. The third-order valence-electron chi connectivity index (χ3n) is 6.46. The summed E-state index contributed by atoms with van der Waals surface area (Å²) in [7, 11) is 0. The van der Waals surface area contributed by atoms with Crippen LogP contribution in [0.5, 0.6) is 0 Å². The Bertz CT molecular complexity index is 800. The predicted octanol–water partition coefficient (Wildman–Crippen LogP) is 3.71. The minimum absolute atomic E-state index is 0.286. The first-order valence-electron chi connectivity index (χ1n) is 10.7. The highest BCUT2D eigenvalue weighted by molar-refractivity contribution is 5.79. The molecule has 0 spiro atoms. The molecule has 4 rings (SSSR count). The molecule has 150 valence electrons. The second-order valence-electron chi connectivity index (χ2n) is 8.33. The van der Waals surface area contributed by atoms with Gasteiger partial charge in [-0.15, -0.1) is 0 Å². The number of amides is 1. The zero-order valence-corrected chi connectivity index (χ0v) is 17.2. The SMILES string of the molecule is Cc1nn(-c2ccccc2)c(C)c1CN1CCN(C(=O)C2CCCCC2)CC1. The summed E-state index contributed by atoms with van der Waals surface area (Å²) in [4.78, 5) is 17.4. The average molecular weight is 381 g/mol. The number of rotatable bonds is 4. The number of hydrogen-bond acceptors (Lipinski definition) is 3. The van der Waals surface area contributed by atoms with Crippen LogP contribution in [0.15, 0.2) is 30.3 Å². The fourth-order valence-corrected chi connectivity index (χ4v) is 4.68. The van der Waals surface area contributed by atoms with Gasteiger partial charge in [0.05, 0.1) is 11.4 Å². The molecule has 2 fully saturated rings. The molecule has 1 aliphatic carbocycles. The van der Waals surface area contributed by atoms with Crippen LogP contribution in [-0.4, -0.2) is 51.7 Å². The van der Waals surface area contributed by atoms with E-state index in [4.69, 9.17) is 5.10 Å². The van der Waals surface area contributed by atoms with Crippen molar-refractivity contribution in [3.8, 4) is 5.69 Å². The standard InChI is InChI=1S/C23H32N4O/c1-18-22(19(2)27(24-18)21-11-7-4-8-12-21)17-25-13-15-26(16-14-25)23(28)20-9-5-3-6-10-20/h4,7-8,11-12,20H,3,5-6,9-10,13-17H2,1-2H3. The summed E-state index contributed by atoms with van der Waals surface area (Å²) in [5.74, 6) is 0.692. The molecule has 1 saturated carbocycles. The molecule has 1 saturated heterocycles. The van der Waals surface area contributed by atoms with Crippen LogP contribution in [0.25, 0.3) is 5.69 Å². The van der Waals surface area contributed by atoms with Crippen LogP contribution in [0.1, 0.15) is 49.1 Å². The van der Waals surface area contributed by atoms with Gasteiger partial charge in [0.25, 0.3) is 0 Å². The Hall–Kier alpha value is -2.14. The Kier molecular flexibility index (Phi) is 5.81. The van der Waals surface area contributed by atoms with E-state index < -0.39 is 0 Å². The lowest BCUT2D eigenvalue weighted by Gasteiger charge is -2.37. The second kappa shape index (κ2) is 8.48. The van der Waals surface area contributed by atoms with E-state index in [-0.39, 0.29) is 5.92 Å². The third-order valence-corrected chi connectivity index (χ3v) is 6.46. The van der Waals surface area contributed by atoms with Crippen LogP contribution in [-0.2, 0) is 11.3 Å². The number of benzene rings is 1. The van der Waals surface area contributed by atoms with Crippen LogP contribution in [0.2, 0.25) is 0 Å². The van der Waals surface area contributed by atoms with Gasteiger partial charge in [-0.1, -0.05) is 37.5 Å². The molecule has 0 atom stereocenters. The van der Waals surface area contributed by atoms with Gasteiger partial charge in [0, 0.05) is 49.9 Å². The van der Waals surface area contributed by atoms with Gasteiger partial charge in [0.1, 0.15) is 0 Å². The topological polar surface area (TPSA) is 41.4 Å². The highest BCUT2D eigenvalue weighted by atomic mass is 16.2. The highest BCUT2D eigenvalue weighted by Gasteiger charge is 2.29. The van der Waals surface area contributed by atoms with E-state index >= 15 is 0 Å². The summed E-state index contributed by atoms with van der Waals surface area (Å²) in [5, 5.41) is 4.78. The number of nitrogens with zero attached hydrogens (tertiary/aromatic N) is 4. The lowest BCUT2D eigenvalue weighted by Crippen LogP contribution is -2.50. The maximum absolute atomic E-state index is 12.8. The monoisotopic (exact) mass is 380 g/mol. The van der Waals surface area contributed by atoms with E-state index in [2.05, 4.69) is 35.8 Å². The molecule has 5 heteroatoms. The number of carbonyl (C=O) groups excluding carboxylic acids is 1. The number of carbonyl (C=O) groups is 1. The molecule has 28 heavy (non-hydrogen) atoms. The minimum Gasteiger partial charge on any atom is -0.340 e. The smallest absolute Gasteiger partial charge is 0.225 e. The number of para-hydroxylation sites is 1. The third kappa shape index (κ3) is 4.00. The average Bonchev–Trinajstić information content (AvgIpc) is 3.03. The quantitative estimate of drug-likeness (QED) is 0.812. The summed E-state index contributed by atoms with van der Waals surface area (Å²) in [5.41, 5.74) is 4.74. The molecule has 0 bridgehead atoms. The Morgan fingerprint density at radius 3 is 2.36 bits per heavy atom. The van der Waals surface area contributed by atoms with E-state index in [0.29, 0.717) is 5.91 Å². The van der Waals surface area contributed by atoms with Crippen molar-refractivity contribution in [2.24, 2.45) is 5.92 Å². The fourth-order valence-electron chi connectivity index (χ4n) is 4.68. The van der Waals surface area contributed by atoms with Crippen molar-refractivity contribution in [3.05, 3.63) is 47.3 Å². The molecule has 0 N–H and O–H groups in total. The summed E-state index contributed by atoms with van der Waals surface area (Å²) < 4.78 is 2.05. The van der Waals surface area contributed by atoms with E-state index in [9.17, 15) is 4.79 Å². The fraction of sp³-hybridized carbons (Fsp3) is 0.565. The van der Waals surface area contributed by atoms with Gasteiger partial charge in [-0.05, 0) is 38.8 Å². The van der Waals surface area contributed by atoms with Gasteiger partial charge in [-0.3, -0.25) is 9.69 Å². The highest BCUT2D eigenvalue weighted by Crippen LogP contribution is 2.26. The Morgan fingerprint density at radius 1 is 1.00 bits per heavy atom. The maximum Gasteiger partial charge on any atom is 0.225 e. The molecule has 1 aliphatic heterocycles. The van der Waals surface area contributed by atoms with Crippen molar-refractivity contribution < 1.29 is 4.79 Å². The van der Waals surface area contributed by atoms with Gasteiger partial charge in [-0.25, -0.2) is 4.68 Å². The molecule has 2 heterocycles. The molecule has 1 aromatic carbocycles. The number of hydrogen-bond donors (Lipinski definition) is 0. The Labute approximate surface area is 168 Å². The predicted molar refractivity (Wildman–Crippen MR) is 111 cm³/mol. The van der Waals surface area contributed by atoms with E-state index in [1.165, 1.54) is 30.5 Å². The summed E-state index contributed by atoms with van der Waals surface area (Å²) >= 11 is 0. The first-order valence-corrected chi connectivity index (χ1v) is 10.7. The maximum atomic E-state index is 12.8. The van der Waals surface area contributed by atoms with Gasteiger partial charge in [0.2, 0.25) is 5.91 Å². The molecular weight excluding hydrogens is 348 g/mol. The van der Waals surface area contributed by atoms with Crippen LogP contribution in [0.4, 0.5) is 0 Å². The number of aryl methyl sites for hydroxylation is 1. The normalized spacial score (nSPS) is 19.1. The van der Waals surface area contributed by atoms with Gasteiger partial charge < -0.3 is 4.90 Å². The molecule has 2 aromatic rings.